The lowest BCUT2D eigenvalue weighted by Crippen LogP contribution is -2.19. The summed E-state index contributed by atoms with van der Waals surface area (Å²) in [5, 5.41) is 14.1. The Kier molecular flexibility index (Phi) is 4.72. The van der Waals surface area contributed by atoms with E-state index in [0.29, 0.717) is 31.7 Å². The lowest BCUT2D eigenvalue weighted by Gasteiger charge is -2.06. The summed E-state index contributed by atoms with van der Waals surface area (Å²) in [5.41, 5.74) is 0. The fraction of sp³-hybridized carbons (Fsp3) is 0.800. The minimum absolute atomic E-state index is 0.282. The number of nitrogens with zero attached hydrogens (tertiary/aromatic N) is 2. The van der Waals surface area contributed by atoms with Crippen molar-refractivity contribution in [3.63, 3.8) is 0 Å². The van der Waals surface area contributed by atoms with Crippen LogP contribution in [-0.2, 0) is 16.0 Å². The van der Waals surface area contributed by atoms with Gasteiger partial charge in [-0.25, -0.2) is 0 Å². The van der Waals surface area contributed by atoms with Gasteiger partial charge < -0.3 is 24.5 Å². The summed E-state index contributed by atoms with van der Waals surface area (Å²) < 4.78 is 15.6. The molecule has 0 amide bonds. The van der Waals surface area contributed by atoms with Crippen LogP contribution in [0, 0.1) is 0 Å². The van der Waals surface area contributed by atoms with Crippen molar-refractivity contribution in [2.75, 3.05) is 38.8 Å². The molecule has 1 unspecified atom stereocenters. The highest BCUT2D eigenvalue weighted by molar-refractivity contribution is 5.19. The fourth-order valence-corrected chi connectivity index (χ4v) is 1.58. The highest BCUT2D eigenvalue weighted by Gasteiger charge is 2.17. The molecule has 96 valence electrons. The largest absolute Gasteiger partial charge is 0.407 e. The molecule has 7 heteroatoms. The first-order chi connectivity index (χ1) is 8.38. The Hall–Kier alpha value is -1.18. The second kappa shape index (κ2) is 6.53. The molecule has 1 aliphatic heterocycles. The van der Waals surface area contributed by atoms with Gasteiger partial charge in [0.15, 0.2) is 0 Å². The van der Waals surface area contributed by atoms with Crippen LogP contribution in [0.1, 0.15) is 12.3 Å². The maximum Gasteiger partial charge on any atom is 0.315 e. The van der Waals surface area contributed by atoms with Crippen LogP contribution >= 0.6 is 0 Å². The molecule has 2 N–H and O–H groups in total. The third kappa shape index (κ3) is 3.95. The van der Waals surface area contributed by atoms with Gasteiger partial charge in [-0.3, -0.25) is 0 Å². The van der Waals surface area contributed by atoms with E-state index in [2.05, 4.69) is 20.8 Å². The zero-order valence-electron chi connectivity index (χ0n) is 9.94. The molecule has 0 spiro atoms. The SMILES string of the molecule is COCCNCc1nnc(NC2CCOC2)o1. The number of nitrogens with one attached hydrogen (secondary N) is 2. The Bertz CT molecular complexity index is 325. The predicted octanol–water partition coefficient (Wildman–Crippen LogP) is 0.00640. The Morgan fingerprint density at radius 2 is 2.41 bits per heavy atom. The van der Waals surface area contributed by atoms with Gasteiger partial charge >= 0.3 is 6.01 Å². The van der Waals surface area contributed by atoms with Crippen LogP contribution in [0.25, 0.3) is 0 Å². The van der Waals surface area contributed by atoms with Crippen molar-refractivity contribution in [3.8, 4) is 0 Å². The Morgan fingerprint density at radius 3 is 3.18 bits per heavy atom. The summed E-state index contributed by atoms with van der Waals surface area (Å²) in [5.74, 6) is 0.572. The first-order valence-electron chi connectivity index (χ1n) is 5.75. The quantitative estimate of drug-likeness (QED) is 0.651. The van der Waals surface area contributed by atoms with Gasteiger partial charge in [0.25, 0.3) is 0 Å². The zero-order chi connectivity index (χ0) is 11.9. The molecule has 0 saturated carbocycles. The minimum atomic E-state index is 0.282. The average molecular weight is 242 g/mol. The maximum absolute atomic E-state index is 5.43. The van der Waals surface area contributed by atoms with Gasteiger partial charge in [-0.2, -0.15) is 0 Å². The molecular formula is C10H18N4O3. The van der Waals surface area contributed by atoms with E-state index >= 15 is 0 Å². The first kappa shape index (κ1) is 12.3. The normalized spacial score (nSPS) is 19.7. The molecule has 7 nitrogen and oxygen atoms in total. The highest BCUT2D eigenvalue weighted by Crippen LogP contribution is 2.12. The van der Waals surface area contributed by atoms with Gasteiger partial charge in [0.1, 0.15) is 0 Å². The summed E-state index contributed by atoms with van der Waals surface area (Å²) in [6.07, 6.45) is 0.976. The van der Waals surface area contributed by atoms with Gasteiger partial charge in [0.05, 0.1) is 25.8 Å². The van der Waals surface area contributed by atoms with Crippen molar-refractivity contribution in [2.45, 2.75) is 19.0 Å². The molecule has 0 aromatic carbocycles. The van der Waals surface area contributed by atoms with Crippen molar-refractivity contribution in [3.05, 3.63) is 5.89 Å². The van der Waals surface area contributed by atoms with Gasteiger partial charge in [0, 0.05) is 20.3 Å². The van der Waals surface area contributed by atoms with Crippen LogP contribution in [0.5, 0.6) is 0 Å². The predicted molar refractivity (Wildman–Crippen MR) is 60.7 cm³/mol. The summed E-state index contributed by atoms with van der Waals surface area (Å²) in [6.45, 7) is 3.47. The van der Waals surface area contributed by atoms with Crippen molar-refractivity contribution in [1.82, 2.24) is 15.5 Å². The monoisotopic (exact) mass is 242 g/mol. The van der Waals surface area contributed by atoms with Crippen molar-refractivity contribution < 1.29 is 13.9 Å². The van der Waals surface area contributed by atoms with E-state index in [0.717, 1.165) is 19.6 Å². The maximum atomic E-state index is 5.43. The molecule has 2 rings (SSSR count). The summed E-state index contributed by atoms with van der Waals surface area (Å²) in [7, 11) is 1.67. The van der Waals surface area contributed by atoms with Gasteiger partial charge in [-0.15, -0.1) is 5.10 Å². The van der Waals surface area contributed by atoms with Crippen LogP contribution in [0.3, 0.4) is 0 Å². The van der Waals surface area contributed by atoms with E-state index in [1.165, 1.54) is 0 Å². The van der Waals surface area contributed by atoms with E-state index in [-0.39, 0.29) is 6.04 Å². The van der Waals surface area contributed by atoms with Gasteiger partial charge in [0.2, 0.25) is 5.89 Å². The van der Waals surface area contributed by atoms with Crippen LogP contribution in [0.2, 0.25) is 0 Å². The first-order valence-corrected chi connectivity index (χ1v) is 5.75. The van der Waals surface area contributed by atoms with E-state index in [9.17, 15) is 0 Å². The van der Waals surface area contributed by atoms with Crippen LogP contribution in [-0.4, -0.2) is 49.7 Å². The van der Waals surface area contributed by atoms with Gasteiger partial charge in [-0.05, 0) is 6.42 Å². The second-order valence-electron chi connectivity index (χ2n) is 3.88. The number of rotatable bonds is 7. The fourth-order valence-electron chi connectivity index (χ4n) is 1.58. The zero-order valence-corrected chi connectivity index (χ0v) is 9.94. The Labute approximate surface area is 99.9 Å². The molecule has 0 bridgehead atoms. The summed E-state index contributed by atoms with van der Waals surface area (Å²) in [4.78, 5) is 0. The van der Waals surface area contributed by atoms with Crippen LogP contribution in [0.4, 0.5) is 6.01 Å². The molecule has 2 heterocycles. The average Bonchev–Trinajstić information content (AvgIpc) is 2.97. The standard InChI is InChI=1S/C10H18N4O3/c1-15-5-3-11-6-9-13-14-10(17-9)12-8-2-4-16-7-8/h8,11H,2-7H2,1H3,(H,12,14). The van der Waals surface area contributed by atoms with Gasteiger partial charge in [-0.1, -0.05) is 5.10 Å². The summed E-state index contributed by atoms with van der Waals surface area (Å²) >= 11 is 0. The molecule has 0 radical (unpaired) electrons. The molecule has 1 aliphatic rings. The molecular weight excluding hydrogens is 224 g/mol. The Morgan fingerprint density at radius 1 is 1.47 bits per heavy atom. The summed E-state index contributed by atoms with van der Waals surface area (Å²) in [6, 6.07) is 0.744. The third-order valence-corrected chi connectivity index (χ3v) is 2.48. The van der Waals surface area contributed by atoms with Crippen molar-refractivity contribution >= 4 is 6.01 Å². The molecule has 1 fully saturated rings. The number of hydrogen-bond acceptors (Lipinski definition) is 7. The molecule has 0 aliphatic carbocycles. The van der Waals surface area contributed by atoms with E-state index in [1.54, 1.807) is 7.11 Å². The van der Waals surface area contributed by atoms with Crippen molar-refractivity contribution in [2.24, 2.45) is 0 Å². The van der Waals surface area contributed by atoms with Crippen LogP contribution < -0.4 is 10.6 Å². The van der Waals surface area contributed by atoms with E-state index < -0.39 is 0 Å². The van der Waals surface area contributed by atoms with Crippen LogP contribution in [0.15, 0.2) is 4.42 Å². The number of ether oxygens (including phenoxy) is 2. The lowest BCUT2D eigenvalue weighted by atomic mass is 10.3. The number of anilines is 1. The molecule has 17 heavy (non-hydrogen) atoms. The topological polar surface area (TPSA) is 81.4 Å². The minimum Gasteiger partial charge on any atom is -0.407 e. The highest BCUT2D eigenvalue weighted by atomic mass is 16.5. The number of hydrogen-bond donors (Lipinski definition) is 2. The van der Waals surface area contributed by atoms with E-state index in [4.69, 9.17) is 13.9 Å². The number of aromatic nitrogens is 2. The smallest absolute Gasteiger partial charge is 0.315 e. The number of methoxy groups -OCH3 is 1. The molecule has 1 aromatic rings. The second-order valence-corrected chi connectivity index (χ2v) is 3.88. The van der Waals surface area contributed by atoms with Crippen molar-refractivity contribution in [1.29, 1.82) is 0 Å². The molecule has 1 saturated heterocycles. The molecule has 1 aromatic heterocycles. The lowest BCUT2D eigenvalue weighted by molar-refractivity contribution is 0.195. The third-order valence-electron chi connectivity index (χ3n) is 2.48. The molecule has 1 atom stereocenters. The Balaban J connectivity index is 1.71. The van der Waals surface area contributed by atoms with E-state index in [1.807, 2.05) is 0 Å².